The van der Waals surface area contributed by atoms with Crippen molar-refractivity contribution in [1.82, 2.24) is 10.2 Å². The van der Waals surface area contributed by atoms with E-state index in [0.29, 0.717) is 39.6 Å². The Hall–Kier alpha value is -3.19. The van der Waals surface area contributed by atoms with Crippen LogP contribution in [0.1, 0.15) is 40.0 Å². The molecule has 1 atom stereocenters. The molecule has 12 heteroatoms. The Bertz CT molecular complexity index is 951. The predicted molar refractivity (Wildman–Crippen MR) is 118 cm³/mol. The van der Waals surface area contributed by atoms with Crippen LogP contribution >= 0.6 is 0 Å². The average molecular weight is 476 g/mol. The fraction of sp³-hybridized carbons (Fsp3) is 0.500. The molecule has 0 radical (unpaired) electrons. The van der Waals surface area contributed by atoms with Crippen molar-refractivity contribution in [2.24, 2.45) is 5.73 Å². The molecule has 34 heavy (non-hydrogen) atoms. The van der Waals surface area contributed by atoms with E-state index in [0.717, 1.165) is 4.90 Å². The van der Waals surface area contributed by atoms with E-state index in [1.807, 2.05) is 0 Å². The molecule has 2 heterocycles. The van der Waals surface area contributed by atoms with Crippen molar-refractivity contribution in [3.05, 3.63) is 29.3 Å². The molecule has 0 bridgehead atoms. The van der Waals surface area contributed by atoms with E-state index in [2.05, 4.69) is 10.6 Å². The smallest absolute Gasteiger partial charge is 0.264 e. The molecule has 5 amide bonds. The minimum absolute atomic E-state index is 0.0247. The molecule has 0 aromatic heterocycles. The van der Waals surface area contributed by atoms with Gasteiger partial charge in [0.15, 0.2) is 0 Å². The standard InChI is InChI=1S/C22H28N4O8/c23-7-9-33-11-13-34-12-10-32-8-6-18(28)24-15-3-1-2-14-19(15)22(31)26(21(14)30)16-4-5-17(27)25-20(16)29/h1-3,16H,4-13,23H2,(H,24,28)(H,25,27,29). The van der Waals surface area contributed by atoms with Gasteiger partial charge in [0.2, 0.25) is 17.7 Å². The van der Waals surface area contributed by atoms with Crippen molar-refractivity contribution in [2.75, 3.05) is 51.5 Å². The van der Waals surface area contributed by atoms with Gasteiger partial charge >= 0.3 is 0 Å². The van der Waals surface area contributed by atoms with Crippen LogP contribution < -0.4 is 16.4 Å². The summed E-state index contributed by atoms with van der Waals surface area (Å²) in [5.74, 6) is -2.86. The second-order valence-corrected chi connectivity index (χ2v) is 7.60. The van der Waals surface area contributed by atoms with E-state index >= 15 is 0 Å². The van der Waals surface area contributed by atoms with Gasteiger partial charge in [-0.15, -0.1) is 0 Å². The summed E-state index contributed by atoms with van der Waals surface area (Å²) in [6, 6.07) is 3.44. The van der Waals surface area contributed by atoms with Crippen LogP contribution in [0.3, 0.4) is 0 Å². The largest absolute Gasteiger partial charge is 0.379 e. The van der Waals surface area contributed by atoms with Gasteiger partial charge in [0.25, 0.3) is 11.8 Å². The molecule has 4 N–H and O–H groups in total. The number of fused-ring (bicyclic) bond motifs is 1. The summed E-state index contributed by atoms with van der Waals surface area (Å²) in [7, 11) is 0. The van der Waals surface area contributed by atoms with E-state index in [9.17, 15) is 24.0 Å². The van der Waals surface area contributed by atoms with Gasteiger partial charge in [-0.25, -0.2) is 0 Å². The second-order valence-electron chi connectivity index (χ2n) is 7.60. The van der Waals surface area contributed by atoms with Gasteiger partial charge in [-0.3, -0.25) is 34.2 Å². The van der Waals surface area contributed by atoms with E-state index in [-0.39, 0.29) is 42.7 Å². The third kappa shape index (κ3) is 6.23. The molecule has 1 unspecified atom stereocenters. The minimum Gasteiger partial charge on any atom is -0.379 e. The third-order valence-corrected chi connectivity index (χ3v) is 5.22. The molecular weight excluding hydrogens is 448 g/mol. The number of anilines is 1. The number of hydrogen-bond donors (Lipinski definition) is 3. The fourth-order valence-corrected chi connectivity index (χ4v) is 3.62. The molecule has 1 fully saturated rings. The Labute approximate surface area is 196 Å². The second kappa shape index (κ2) is 12.3. The number of imide groups is 2. The van der Waals surface area contributed by atoms with Crippen LogP contribution in [0.4, 0.5) is 5.69 Å². The first kappa shape index (κ1) is 25.4. The molecule has 0 aliphatic carbocycles. The SMILES string of the molecule is NCCOCCOCCOCCC(=O)Nc1cccc2c1C(=O)N(C1CCC(=O)NC1=O)C2=O. The van der Waals surface area contributed by atoms with Crippen LogP contribution in [0.15, 0.2) is 18.2 Å². The number of piperidine rings is 1. The highest BCUT2D eigenvalue weighted by molar-refractivity contribution is 6.26. The molecule has 184 valence electrons. The number of ether oxygens (including phenoxy) is 3. The lowest BCUT2D eigenvalue weighted by Crippen LogP contribution is -2.54. The van der Waals surface area contributed by atoms with Gasteiger partial charge in [-0.1, -0.05) is 6.07 Å². The van der Waals surface area contributed by atoms with Gasteiger partial charge < -0.3 is 25.3 Å². The molecule has 3 rings (SSSR count). The highest BCUT2D eigenvalue weighted by Crippen LogP contribution is 2.32. The molecule has 1 aromatic rings. The Morgan fingerprint density at radius 1 is 1.00 bits per heavy atom. The molecule has 12 nitrogen and oxygen atoms in total. The van der Waals surface area contributed by atoms with Gasteiger partial charge in [-0.05, 0) is 18.6 Å². The van der Waals surface area contributed by atoms with Crippen molar-refractivity contribution in [3.8, 4) is 0 Å². The summed E-state index contributed by atoms with van der Waals surface area (Å²) < 4.78 is 15.9. The zero-order valence-electron chi connectivity index (χ0n) is 18.7. The number of rotatable bonds is 13. The number of carbonyl (C=O) groups is 5. The number of nitrogens with one attached hydrogen (secondary N) is 2. The summed E-state index contributed by atoms with van der Waals surface area (Å²) in [5, 5.41) is 4.78. The predicted octanol–water partition coefficient (Wildman–Crippen LogP) is -0.575. The first-order chi connectivity index (χ1) is 16.4. The van der Waals surface area contributed by atoms with E-state index in [1.54, 1.807) is 6.07 Å². The Morgan fingerprint density at radius 3 is 2.35 bits per heavy atom. The van der Waals surface area contributed by atoms with Crippen molar-refractivity contribution in [3.63, 3.8) is 0 Å². The molecule has 2 aliphatic rings. The average Bonchev–Trinajstić information content (AvgIpc) is 3.06. The summed E-state index contributed by atoms with van der Waals surface area (Å²) in [6.45, 7) is 2.61. The number of amides is 5. The summed E-state index contributed by atoms with van der Waals surface area (Å²) in [6.07, 6.45) is 0.113. The quantitative estimate of drug-likeness (QED) is 0.249. The topological polar surface area (TPSA) is 166 Å². The lowest BCUT2D eigenvalue weighted by molar-refractivity contribution is -0.136. The first-order valence-corrected chi connectivity index (χ1v) is 11.0. The summed E-state index contributed by atoms with van der Waals surface area (Å²) in [5.41, 5.74) is 5.60. The van der Waals surface area contributed by atoms with E-state index in [4.69, 9.17) is 19.9 Å². The van der Waals surface area contributed by atoms with Gasteiger partial charge in [0.05, 0.1) is 62.9 Å². The summed E-state index contributed by atoms with van der Waals surface area (Å²) >= 11 is 0. The lowest BCUT2D eigenvalue weighted by Gasteiger charge is -2.27. The monoisotopic (exact) mass is 476 g/mol. The maximum absolute atomic E-state index is 13.0. The number of nitrogens with zero attached hydrogens (tertiary/aromatic N) is 1. The van der Waals surface area contributed by atoms with Crippen molar-refractivity contribution >= 4 is 35.2 Å². The summed E-state index contributed by atoms with van der Waals surface area (Å²) in [4.78, 5) is 62.6. The van der Waals surface area contributed by atoms with Crippen molar-refractivity contribution < 1.29 is 38.2 Å². The number of nitrogens with two attached hydrogens (primary N) is 1. The molecule has 0 saturated carbocycles. The Kier molecular flexibility index (Phi) is 9.22. The maximum Gasteiger partial charge on any atom is 0.264 e. The van der Waals surface area contributed by atoms with Crippen molar-refractivity contribution in [2.45, 2.75) is 25.3 Å². The van der Waals surface area contributed by atoms with Crippen LogP contribution in [0.2, 0.25) is 0 Å². The molecule has 1 aromatic carbocycles. The van der Waals surface area contributed by atoms with Crippen LogP contribution in [0.25, 0.3) is 0 Å². The first-order valence-electron chi connectivity index (χ1n) is 11.0. The van der Waals surface area contributed by atoms with Crippen LogP contribution in [-0.4, -0.2) is 86.7 Å². The fourth-order valence-electron chi connectivity index (χ4n) is 3.62. The third-order valence-electron chi connectivity index (χ3n) is 5.22. The molecular formula is C22H28N4O8. The maximum atomic E-state index is 13.0. The van der Waals surface area contributed by atoms with E-state index < -0.39 is 35.6 Å². The Morgan fingerprint density at radius 2 is 1.68 bits per heavy atom. The zero-order valence-corrected chi connectivity index (χ0v) is 18.7. The molecule has 2 aliphatic heterocycles. The van der Waals surface area contributed by atoms with E-state index in [1.165, 1.54) is 12.1 Å². The van der Waals surface area contributed by atoms with Crippen molar-refractivity contribution in [1.29, 1.82) is 0 Å². The minimum atomic E-state index is -1.07. The van der Waals surface area contributed by atoms with Gasteiger partial charge in [0.1, 0.15) is 6.04 Å². The molecule has 0 spiro atoms. The molecule has 1 saturated heterocycles. The van der Waals surface area contributed by atoms with Crippen LogP contribution in [0.5, 0.6) is 0 Å². The lowest BCUT2D eigenvalue weighted by atomic mass is 10.0. The number of hydrogen-bond acceptors (Lipinski definition) is 9. The van der Waals surface area contributed by atoms with Gasteiger partial charge in [0, 0.05) is 13.0 Å². The van der Waals surface area contributed by atoms with Gasteiger partial charge in [-0.2, -0.15) is 0 Å². The normalized spacial score (nSPS) is 17.7. The highest BCUT2D eigenvalue weighted by atomic mass is 16.5. The number of benzene rings is 1. The highest BCUT2D eigenvalue weighted by Gasteiger charge is 2.45. The van der Waals surface area contributed by atoms with Crippen LogP contribution in [0, 0.1) is 0 Å². The number of carbonyl (C=O) groups excluding carboxylic acids is 5. The van der Waals surface area contributed by atoms with Crippen LogP contribution in [-0.2, 0) is 28.6 Å². The Balaban J connectivity index is 1.48. The zero-order chi connectivity index (χ0) is 24.5.